The van der Waals surface area contributed by atoms with E-state index in [9.17, 15) is 10.1 Å². The zero-order valence-corrected chi connectivity index (χ0v) is 23.9. The molecule has 2 aliphatic rings. The Kier molecular flexibility index (Phi) is 9.77. The van der Waals surface area contributed by atoms with Gasteiger partial charge in [-0.3, -0.25) is 4.79 Å². The highest BCUT2D eigenvalue weighted by molar-refractivity contribution is 5.84. The van der Waals surface area contributed by atoms with Gasteiger partial charge in [0.05, 0.1) is 11.6 Å². The third-order valence-corrected chi connectivity index (χ3v) is 7.86. The fraction of sp³-hybridized carbons (Fsp3) is 0.515. The van der Waals surface area contributed by atoms with E-state index in [0.717, 1.165) is 64.7 Å². The maximum absolute atomic E-state index is 11.6. The van der Waals surface area contributed by atoms with Crippen LogP contribution in [-0.4, -0.2) is 28.9 Å². The highest BCUT2D eigenvalue weighted by atomic mass is 16.5. The second kappa shape index (κ2) is 13.4. The summed E-state index contributed by atoms with van der Waals surface area (Å²) in [6, 6.07) is 12.3. The molecule has 0 N–H and O–H groups in total. The molecule has 1 aliphatic carbocycles. The lowest BCUT2D eigenvalue weighted by Gasteiger charge is -2.35. The average molecular weight is 526 g/mol. The second-order valence-electron chi connectivity index (χ2n) is 11.0. The fourth-order valence-electron chi connectivity index (χ4n) is 5.28. The highest BCUT2D eigenvalue weighted by Gasteiger charge is 2.39. The lowest BCUT2D eigenvalue weighted by atomic mass is 9.88. The molecule has 39 heavy (non-hydrogen) atoms. The van der Waals surface area contributed by atoms with Gasteiger partial charge in [0.15, 0.2) is 0 Å². The van der Waals surface area contributed by atoms with Crippen LogP contribution in [0.2, 0.25) is 0 Å². The first-order valence-corrected chi connectivity index (χ1v) is 14.5. The van der Waals surface area contributed by atoms with Crippen molar-refractivity contribution in [1.82, 2.24) is 9.88 Å². The van der Waals surface area contributed by atoms with Gasteiger partial charge >= 0.3 is 11.9 Å². The molecular formula is C33H41N4O2+. The quantitative estimate of drug-likeness (QED) is 0.315. The van der Waals surface area contributed by atoms with Crippen LogP contribution in [0.4, 0.5) is 0 Å². The SMILES string of the molecule is C1CCC1.CCCC(CCC)c1cc2c(COc3ccc#[n+]c3C3CN(C(C)=O)C3)cc(C)cc2nc1C#N. The Morgan fingerprint density at radius 2 is 1.87 bits per heavy atom. The van der Waals surface area contributed by atoms with Gasteiger partial charge in [-0.25, -0.2) is 4.98 Å². The molecule has 1 aromatic carbocycles. The average Bonchev–Trinajstić information content (AvgIpc) is 2.85. The number of rotatable bonds is 9. The van der Waals surface area contributed by atoms with Crippen molar-refractivity contribution in [3.63, 3.8) is 0 Å². The van der Waals surface area contributed by atoms with E-state index in [1.54, 1.807) is 17.9 Å². The number of fused-ring (bicyclic) bond motifs is 1. The van der Waals surface area contributed by atoms with Gasteiger partial charge in [0.25, 0.3) is 0 Å². The first-order valence-electron chi connectivity index (χ1n) is 14.5. The first-order chi connectivity index (χ1) is 18.9. The Morgan fingerprint density at radius 3 is 2.46 bits per heavy atom. The smallest absolute Gasteiger partial charge is 0.365 e. The molecule has 6 heteroatoms. The number of carbonyl (C=O) groups is 1. The minimum Gasteiger partial charge on any atom is -0.481 e. The van der Waals surface area contributed by atoms with Crippen LogP contribution in [-0.2, 0) is 11.4 Å². The van der Waals surface area contributed by atoms with E-state index in [0.29, 0.717) is 31.3 Å². The normalized spacial score (nSPS) is 14.5. The molecule has 3 aromatic rings. The summed E-state index contributed by atoms with van der Waals surface area (Å²) in [4.78, 5) is 22.6. The van der Waals surface area contributed by atoms with Crippen molar-refractivity contribution in [3.8, 4) is 11.8 Å². The van der Waals surface area contributed by atoms with E-state index in [1.807, 2.05) is 19.1 Å². The van der Waals surface area contributed by atoms with E-state index in [1.165, 1.54) is 25.7 Å². The van der Waals surface area contributed by atoms with Crippen LogP contribution in [0.1, 0.15) is 112 Å². The molecule has 2 fully saturated rings. The number of hydrogen-bond acceptors (Lipinski definition) is 4. The molecule has 2 aromatic heterocycles. The van der Waals surface area contributed by atoms with Crippen LogP contribution in [0.3, 0.4) is 0 Å². The minimum absolute atomic E-state index is 0.0827. The molecule has 1 saturated heterocycles. The number of pyridine rings is 1. The van der Waals surface area contributed by atoms with Crippen LogP contribution in [0.25, 0.3) is 10.9 Å². The van der Waals surface area contributed by atoms with Crippen LogP contribution in [0.5, 0.6) is 5.75 Å². The molecule has 204 valence electrons. The standard InChI is InChI=1S/C29H33N4O2.C4H8/c1-5-8-21(9-6-2)24-14-25-22(12-19(3)13-26(25)32-27(24)15-30)18-35-28-10-7-11-31-29(28)23-16-33(17-23)20(4)34;1-2-4-3-1/h7,10,12-14,21,23H,5-6,8-9,16-18H2,1-4H3;1-4H2/q+1;. The van der Waals surface area contributed by atoms with Crippen LogP contribution < -0.4 is 9.72 Å². The maximum atomic E-state index is 11.6. The number of nitrogens with zero attached hydrogens (tertiary/aromatic N) is 4. The summed E-state index contributed by atoms with van der Waals surface area (Å²) in [6.07, 6.45) is 13.1. The predicted octanol–water partition coefficient (Wildman–Crippen LogP) is 6.58. The van der Waals surface area contributed by atoms with Gasteiger partial charge in [0.2, 0.25) is 11.7 Å². The molecule has 0 spiro atoms. The molecule has 0 unspecified atom stereocenters. The second-order valence-corrected chi connectivity index (χ2v) is 11.0. The summed E-state index contributed by atoms with van der Waals surface area (Å²) >= 11 is 0. The van der Waals surface area contributed by atoms with Crippen molar-refractivity contribution in [2.75, 3.05) is 13.1 Å². The Bertz CT molecular complexity index is 1310. The van der Waals surface area contributed by atoms with Gasteiger partial charge in [0.1, 0.15) is 24.3 Å². The molecule has 6 nitrogen and oxygen atoms in total. The zero-order valence-electron chi connectivity index (χ0n) is 23.9. The third kappa shape index (κ3) is 6.87. The Balaban J connectivity index is 0.000000808. The number of hydrogen-bond donors (Lipinski definition) is 0. The molecule has 1 aliphatic heterocycles. The molecule has 0 bridgehead atoms. The molecule has 3 heterocycles. The molecule has 5 rings (SSSR count). The van der Waals surface area contributed by atoms with Gasteiger partial charge in [0, 0.05) is 31.5 Å². The zero-order chi connectivity index (χ0) is 27.8. The van der Waals surface area contributed by atoms with E-state index in [4.69, 9.17) is 9.72 Å². The lowest BCUT2D eigenvalue weighted by molar-refractivity contribution is -0.316. The summed E-state index contributed by atoms with van der Waals surface area (Å²) in [5, 5.41) is 10.9. The van der Waals surface area contributed by atoms with Gasteiger partial charge < -0.3 is 9.64 Å². The Hall–Kier alpha value is -3.64. The monoisotopic (exact) mass is 525 g/mol. The van der Waals surface area contributed by atoms with E-state index in [2.05, 4.69) is 43.2 Å². The molecule has 0 radical (unpaired) electrons. The van der Waals surface area contributed by atoms with Gasteiger partial charge in [-0.05, 0) is 59.5 Å². The lowest BCUT2D eigenvalue weighted by Crippen LogP contribution is -2.48. The number of likely N-dealkylation sites (tertiary alicyclic amines) is 1. The number of ether oxygens (including phenoxy) is 1. The summed E-state index contributed by atoms with van der Waals surface area (Å²) in [5.74, 6) is 1.30. The molecule has 0 atom stereocenters. The van der Waals surface area contributed by atoms with E-state index >= 15 is 0 Å². The number of amides is 1. The number of aromatic nitrogens is 2. The van der Waals surface area contributed by atoms with Gasteiger partial charge in [-0.1, -0.05) is 58.4 Å². The third-order valence-electron chi connectivity index (χ3n) is 7.86. The van der Waals surface area contributed by atoms with Crippen LogP contribution >= 0.6 is 0 Å². The number of carbonyl (C=O) groups excluding carboxylic acids is 1. The number of aryl methyl sites for hydroxylation is 1. The topological polar surface area (TPSA) is 80.3 Å². The number of nitriles is 1. The predicted molar refractivity (Wildman–Crippen MR) is 152 cm³/mol. The number of benzene rings is 1. The first kappa shape index (κ1) is 28.4. The summed E-state index contributed by atoms with van der Waals surface area (Å²) < 4.78 is 6.31. The van der Waals surface area contributed by atoms with Crippen LogP contribution in [0.15, 0.2) is 30.3 Å². The molecular weight excluding hydrogens is 484 g/mol. The molecule has 1 saturated carbocycles. The Labute approximate surface area is 233 Å². The van der Waals surface area contributed by atoms with Crippen molar-refractivity contribution in [2.24, 2.45) is 0 Å². The summed E-state index contributed by atoms with van der Waals surface area (Å²) in [6.45, 7) is 9.69. The van der Waals surface area contributed by atoms with Crippen molar-refractivity contribution in [3.05, 3.63) is 64.6 Å². The van der Waals surface area contributed by atoms with E-state index < -0.39 is 0 Å². The summed E-state index contributed by atoms with van der Waals surface area (Å²) in [7, 11) is 0. The van der Waals surface area contributed by atoms with Crippen molar-refractivity contribution < 1.29 is 14.5 Å². The highest BCUT2D eigenvalue weighted by Crippen LogP contribution is 2.34. The van der Waals surface area contributed by atoms with Crippen molar-refractivity contribution in [1.29, 1.82) is 5.26 Å². The fourth-order valence-corrected chi connectivity index (χ4v) is 5.28. The van der Waals surface area contributed by atoms with Gasteiger partial charge in [-0.2, -0.15) is 5.26 Å². The van der Waals surface area contributed by atoms with Crippen molar-refractivity contribution in [2.45, 2.75) is 97.5 Å². The van der Waals surface area contributed by atoms with E-state index in [-0.39, 0.29) is 11.8 Å². The van der Waals surface area contributed by atoms with Crippen molar-refractivity contribution >= 4 is 16.8 Å². The Morgan fingerprint density at radius 1 is 1.18 bits per heavy atom. The largest absolute Gasteiger partial charge is 0.481 e. The van der Waals surface area contributed by atoms with Crippen LogP contribution in [0, 0.1) is 24.5 Å². The minimum atomic E-state index is 0.0827. The van der Waals surface area contributed by atoms with Gasteiger partial charge in [-0.15, -0.1) is 0 Å². The summed E-state index contributed by atoms with van der Waals surface area (Å²) in [5.41, 5.74) is 5.37. The maximum Gasteiger partial charge on any atom is 0.365 e. The molecule has 1 amide bonds.